The molecule has 1 aromatic rings. The second-order valence-corrected chi connectivity index (χ2v) is 5.03. The van der Waals surface area contributed by atoms with Crippen molar-refractivity contribution in [3.8, 4) is 0 Å². The van der Waals surface area contributed by atoms with Gasteiger partial charge in [-0.25, -0.2) is 0 Å². The van der Waals surface area contributed by atoms with E-state index in [4.69, 9.17) is 5.73 Å². The molecule has 1 aliphatic carbocycles. The van der Waals surface area contributed by atoms with Crippen LogP contribution in [0, 0.1) is 5.92 Å². The Labute approximate surface area is 111 Å². The Hall–Kier alpha value is -1.23. The van der Waals surface area contributed by atoms with Gasteiger partial charge in [-0.1, -0.05) is 0 Å². The molecule has 0 aliphatic heterocycles. The Bertz CT molecular complexity index is 439. The molecule has 0 bridgehead atoms. The fraction of sp³-hybridized carbons (Fsp3) is 0.571. The molecule has 5 heteroatoms. The highest BCUT2D eigenvalue weighted by Crippen LogP contribution is 2.35. The van der Waals surface area contributed by atoms with Crippen molar-refractivity contribution in [1.82, 2.24) is 0 Å². The molecule has 1 aromatic carbocycles. The molecule has 0 unspecified atom stereocenters. The van der Waals surface area contributed by atoms with E-state index in [1.165, 1.54) is 12.8 Å². The lowest BCUT2D eigenvalue weighted by molar-refractivity contribution is -0.138. The number of nitrogens with two attached hydrogens (primary N) is 1. The molecule has 0 amide bonds. The Kier molecular flexibility index (Phi) is 4.04. The van der Waals surface area contributed by atoms with Crippen molar-refractivity contribution in [2.24, 2.45) is 11.7 Å². The summed E-state index contributed by atoms with van der Waals surface area (Å²) < 4.78 is 38.4. The normalized spacial score (nSPS) is 15.6. The molecular formula is C14H19F3N2. The van der Waals surface area contributed by atoms with Gasteiger partial charge in [0.15, 0.2) is 0 Å². The summed E-state index contributed by atoms with van der Waals surface area (Å²) in [4.78, 5) is 2.12. The molecule has 0 spiro atoms. The SMILES string of the molecule is CCN(CC1CC1)c1ccc(C(F)(F)F)c(CN)c1. The van der Waals surface area contributed by atoms with Gasteiger partial charge >= 0.3 is 6.18 Å². The molecule has 0 aromatic heterocycles. The van der Waals surface area contributed by atoms with Gasteiger partial charge in [-0.15, -0.1) is 0 Å². The number of hydrogen-bond donors (Lipinski definition) is 1. The van der Waals surface area contributed by atoms with E-state index in [2.05, 4.69) is 4.90 Å². The predicted octanol–water partition coefficient (Wildman–Crippen LogP) is 3.40. The van der Waals surface area contributed by atoms with Crippen LogP contribution < -0.4 is 10.6 Å². The third-order valence-electron chi connectivity index (χ3n) is 3.54. The molecule has 2 nitrogen and oxygen atoms in total. The van der Waals surface area contributed by atoms with E-state index in [1.807, 2.05) is 6.92 Å². The van der Waals surface area contributed by atoms with Crippen LogP contribution >= 0.6 is 0 Å². The minimum atomic E-state index is -4.33. The van der Waals surface area contributed by atoms with Crippen molar-refractivity contribution in [3.63, 3.8) is 0 Å². The van der Waals surface area contributed by atoms with Gasteiger partial charge in [0, 0.05) is 25.3 Å². The molecule has 1 saturated carbocycles. The average molecular weight is 272 g/mol. The molecule has 2 N–H and O–H groups in total. The van der Waals surface area contributed by atoms with Crippen molar-refractivity contribution in [1.29, 1.82) is 0 Å². The number of benzene rings is 1. The van der Waals surface area contributed by atoms with Crippen molar-refractivity contribution in [3.05, 3.63) is 29.3 Å². The molecule has 0 heterocycles. The van der Waals surface area contributed by atoms with Crippen LogP contribution in [-0.4, -0.2) is 13.1 Å². The molecule has 1 fully saturated rings. The fourth-order valence-electron chi connectivity index (χ4n) is 2.25. The zero-order valence-electron chi connectivity index (χ0n) is 11.0. The third kappa shape index (κ3) is 3.41. The highest BCUT2D eigenvalue weighted by Gasteiger charge is 2.33. The van der Waals surface area contributed by atoms with Crippen LogP contribution in [0.15, 0.2) is 18.2 Å². The maximum atomic E-state index is 12.8. The molecule has 0 atom stereocenters. The molecular weight excluding hydrogens is 253 g/mol. The molecule has 2 rings (SSSR count). The number of hydrogen-bond acceptors (Lipinski definition) is 2. The monoisotopic (exact) mass is 272 g/mol. The molecule has 0 radical (unpaired) electrons. The number of alkyl halides is 3. The van der Waals surface area contributed by atoms with E-state index in [0.29, 0.717) is 5.92 Å². The Morgan fingerprint density at radius 3 is 2.47 bits per heavy atom. The summed E-state index contributed by atoms with van der Waals surface area (Å²) in [5, 5.41) is 0. The zero-order chi connectivity index (χ0) is 14.0. The summed E-state index contributed by atoms with van der Waals surface area (Å²) in [6.45, 7) is 3.64. The van der Waals surface area contributed by atoms with Crippen LogP contribution in [0.1, 0.15) is 30.9 Å². The van der Waals surface area contributed by atoms with Crippen molar-refractivity contribution in [2.75, 3.05) is 18.0 Å². The standard InChI is InChI=1S/C14H19F3N2/c1-2-19(9-10-3-4-10)12-5-6-13(14(15,16)17)11(7-12)8-18/h5-7,10H,2-4,8-9,18H2,1H3. The minimum Gasteiger partial charge on any atom is -0.372 e. The molecule has 1 aliphatic rings. The molecule has 106 valence electrons. The lowest BCUT2D eigenvalue weighted by atomic mass is 10.1. The third-order valence-corrected chi connectivity index (χ3v) is 3.54. The van der Waals surface area contributed by atoms with Crippen LogP contribution in [0.3, 0.4) is 0 Å². The first-order chi connectivity index (χ1) is 8.95. The number of anilines is 1. The highest BCUT2D eigenvalue weighted by atomic mass is 19.4. The maximum absolute atomic E-state index is 12.8. The summed E-state index contributed by atoms with van der Waals surface area (Å²) in [5.41, 5.74) is 5.83. The van der Waals surface area contributed by atoms with Gasteiger partial charge in [0.05, 0.1) is 5.56 Å². The average Bonchev–Trinajstić information content (AvgIpc) is 3.18. The van der Waals surface area contributed by atoms with Gasteiger partial charge in [-0.3, -0.25) is 0 Å². The Balaban J connectivity index is 2.26. The first-order valence-electron chi connectivity index (χ1n) is 6.60. The maximum Gasteiger partial charge on any atom is 0.416 e. The van der Waals surface area contributed by atoms with E-state index < -0.39 is 11.7 Å². The number of nitrogens with zero attached hydrogens (tertiary/aromatic N) is 1. The second-order valence-electron chi connectivity index (χ2n) is 5.03. The molecule has 19 heavy (non-hydrogen) atoms. The largest absolute Gasteiger partial charge is 0.416 e. The first-order valence-corrected chi connectivity index (χ1v) is 6.60. The van der Waals surface area contributed by atoms with Crippen molar-refractivity contribution >= 4 is 5.69 Å². The second kappa shape index (κ2) is 5.41. The Morgan fingerprint density at radius 2 is 2.00 bits per heavy atom. The topological polar surface area (TPSA) is 29.3 Å². The van der Waals surface area contributed by atoms with Gasteiger partial charge in [0.1, 0.15) is 0 Å². The van der Waals surface area contributed by atoms with Crippen molar-refractivity contribution in [2.45, 2.75) is 32.5 Å². The van der Waals surface area contributed by atoms with Gasteiger partial charge in [-0.05, 0) is 49.4 Å². The summed E-state index contributed by atoms with van der Waals surface area (Å²) in [6, 6.07) is 4.27. The number of halogens is 3. The zero-order valence-corrected chi connectivity index (χ0v) is 11.0. The quantitative estimate of drug-likeness (QED) is 0.890. The lowest BCUT2D eigenvalue weighted by Crippen LogP contribution is -2.25. The van der Waals surface area contributed by atoms with E-state index in [-0.39, 0.29) is 12.1 Å². The summed E-state index contributed by atoms with van der Waals surface area (Å²) in [6.07, 6.45) is -1.89. The summed E-state index contributed by atoms with van der Waals surface area (Å²) in [5.74, 6) is 0.698. The van der Waals surface area contributed by atoms with Gasteiger partial charge in [0.2, 0.25) is 0 Å². The number of rotatable bonds is 5. The van der Waals surface area contributed by atoms with E-state index in [0.717, 1.165) is 24.8 Å². The summed E-state index contributed by atoms with van der Waals surface area (Å²) in [7, 11) is 0. The van der Waals surface area contributed by atoms with E-state index >= 15 is 0 Å². The highest BCUT2D eigenvalue weighted by molar-refractivity contribution is 5.52. The van der Waals surface area contributed by atoms with Crippen LogP contribution in [-0.2, 0) is 12.7 Å². The van der Waals surface area contributed by atoms with E-state index in [1.54, 1.807) is 12.1 Å². The van der Waals surface area contributed by atoms with Crippen molar-refractivity contribution < 1.29 is 13.2 Å². The fourth-order valence-corrected chi connectivity index (χ4v) is 2.25. The minimum absolute atomic E-state index is 0.0936. The predicted molar refractivity (Wildman–Crippen MR) is 69.9 cm³/mol. The van der Waals surface area contributed by atoms with Gasteiger partial charge in [0.25, 0.3) is 0 Å². The first kappa shape index (κ1) is 14.2. The molecule has 0 saturated heterocycles. The van der Waals surface area contributed by atoms with Gasteiger partial charge < -0.3 is 10.6 Å². The van der Waals surface area contributed by atoms with Crippen LogP contribution in [0.2, 0.25) is 0 Å². The Morgan fingerprint density at radius 1 is 1.32 bits per heavy atom. The van der Waals surface area contributed by atoms with Crippen LogP contribution in [0.4, 0.5) is 18.9 Å². The smallest absolute Gasteiger partial charge is 0.372 e. The van der Waals surface area contributed by atoms with E-state index in [9.17, 15) is 13.2 Å². The summed E-state index contributed by atoms with van der Waals surface area (Å²) >= 11 is 0. The van der Waals surface area contributed by atoms with Crippen LogP contribution in [0.5, 0.6) is 0 Å². The lowest BCUT2D eigenvalue weighted by Gasteiger charge is -2.24. The van der Waals surface area contributed by atoms with Crippen LogP contribution in [0.25, 0.3) is 0 Å². The van der Waals surface area contributed by atoms with Gasteiger partial charge in [-0.2, -0.15) is 13.2 Å².